The van der Waals surface area contributed by atoms with E-state index in [2.05, 4.69) is 0 Å². The molecule has 0 radical (unpaired) electrons. The normalized spacial score (nSPS) is 17.9. The van der Waals surface area contributed by atoms with Gasteiger partial charge >= 0.3 is 0 Å². The third-order valence-corrected chi connectivity index (χ3v) is 1.84. The molecule has 8 heteroatoms. The Balaban J connectivity index is 3.36. The molecule has 0 aliphatic heterocycles. The van der Waals surface area contributed by atoms with Crippen molar-refractivity contribution < 1.29 is 25.2 Å². The second-order valence-corrected chi connectivity index (χ2v) is 2.75. The fourth-order valence-electron chi connectivity index (χ4n) is 1.13. The number of nitrogens with zero attached hydrogens (tertiary/aromatic N) is 2. The summed E-state index contributed by atoms with van der Waals surface area (Å²) < 4.78 is 0. The fourth-order valence-corrected chi connectivity index (χ4v) is 1.13. The molecule has 0 saturated carbocycles. The molecule has 16 heavy (non-hydrogen) atoms. The lowest BCUT2D eigenvalue weighted by Gasteiger charge is -2.20. The SMILES string of the molecule is O=CC1=CC(=C[O-])C(N(O)O)=CC1=[N+]([O-])[O-]. The van der Waals surface area contributed by atoms with Crippen LogP contribution in [0.1, 0.15) is 0 Å². The molecule has 8 nitrogen and oxygen atoms in total. The summed E-state index contributed by atoms with van der Waals surface area (Å²) in [7, 11) is 0. The zero-order valence-corrected chi connectivity index (χ0v) is 7.73. The third kappa shape index (κ3) is 2.02. The fraction of sp³-hybridized carbons (Fsp3) is 0. The molecule has 0 aromatic carbocycles. The Bertz CT molecular complexity index is 428. The van der Waals surface area contributed by atoms with Gasteiger partial charge in [0.15, 0.2) is 6.29 Å². The van der Waals surface area contributed by atoms with Crippen LogP contribution in [-0.4, -0.2) is 32.5 Å². The van der Waals surface area contributed by atoms with Gasteiger partial charge in [0.2, 0.25) is 5.71 Å². The minimum Gasteiger partial charge on any atom is -0.877 e. The highest BCUT2D eigenvalue weighted by Gasteiger charge is 2.22. The molecule has 0 unspecified atom stereocenters. The standard InChI is InChI=1S/C8H7N2O6/c11-3-5-1-6(4-12)8(10(15)16)2-7(5)9(13)14/h1-4,13-14H,(H-,11,12,15,16)/q-1/p-1. The number of rotatable bonds is 2. The van der Waals surface area contributed by atoms with Gasteiger partial charge in [-0.25, -0.2) is 0 Å². The van der Waals surface area contributed by atoms with Crippen molar-refractivity contribution >= 4 is 12.0 Å². The highest BCUT2D eigenvalue weighted by atomic mass is 16.8. The summed E-state index contributed by atoms with van der Waals surface area (Å²) in [4.78, 5) is 9.65. The van der Waals surface area contributed by atoms with Crippen LogP contribution in [0.5, 0.6) is 0 Å². The van der Waals surface area contributed by atoms with Gasteiger partial charge in [-0.2, -0.15) is 4.90 Å². The molecule has 0 bridgehead atoms. The maximum absolute atomic E-state index is 10.5. The highest BCUT2D eigenvalue weighted by Crippen LogP contribution is 2.20. The molecule has 0 atom stereocenters. The summed E-state index contributed by atoms with van der Waals surface area (Å²) in [6.07, 6.45) is 2.06. The van der Waals surface area contributed by atoms with Gasteiger partial charge in [0.05, 0.1) is 5.57 Å². The van der Waals surface area contributed by atoms with Crippen LogP contribution in [-0.2, 0) is 4.79 Å². The molecule has 1 aliphatic carbocycles. The van der Waals surface area contributed by atoms with Crippen LogP contribution in [0.15, 0.2) is 35.3 Å². The van der Waals surface area contributed by atoms with E-state index in [1.807, 2.05) is 0 Å². The Morgan fingerprint density at radius 1 is 1.31 bits per heavy atom. The number of aldehydes is 1. The Hall–Kier alpha value is -2.32. The van der Waals surface area contributed by atoms with Crippen LogP contribution in [0.25, 0.3) is 0 Å². The number of hydroxylamine groups is 2. The first-order chi connectivity index (χ1) is 7.51. The minimum atomic E-state index is -0.870. The molecule has 1 aliphatic rings. The lowest BCUT2D eigenvalue weighted by molar-refractivity contribution is -0.377. The van der Waals surface area contributed by atoms with Crippen molar-refractivity contribution in [1.29, 1.82) is 0 Å². The molecular weight excluding hydrogens is 220 g/mol. The molecule has 2 N–H and O–H groups in total. The first-order valence-corrected chi connectivity index (χ1v) is 3.92. The number of carbonyl (C=O) groups excluding carboxylic acids is 1. The second kappa shape index (κ2) is 4.47. The van der Waals surface area contributed by atoms with E-state index in [4.69, 9.17) is 10.4 Å². The molecule has 0 saturated heterocycles. The predicted octanol–water partition coefficient (Wildman–Crippen LogP) is -1.22. The first kappa shape index (κ1) is 11.8. The number of hydrogen-bond acceptors (Lipinski definition) is 7. The average molecular weight is 226 g/mol. The topological polar surface area (TPSA) is 133 Å². The summed E-state index contributed by atoms with van der Waals surface area (Å²) in [5.41, 5.74) is -1.67. The number of hydrogen-bond donors (Lipinski definition) is 2. The molecule has 1 rings (SSSR count). The van der Waals surface area contributed by atoms with Crippen LogP contribution in [0.2, 0.25) is 0 Å². The molecule has 0 aromatic heterocycles. The van der Waals surface area contributed by atoms with Gasteiger partial charge in [-0.3, -0.25) is 15.2 Å². The Morgan fingerprint density at radius 3 is 2.31 bits per heavy atom. The second-order valence-electron chi connectivity index (χ2n) is 2.75. The maximum atomic E-state index is 10.5. The van der Waals surface area contributed by atoms with Crippen molar-refractivity contribution in [3.63, 3.8) is 0 Å². The van der Waals surface area contributed by atoms with Gasteiger partial charge in [-0.05, 0) is 11.6 Å². The molecule has 0 aromatic rings. The van der Waals surface area contributed by atoms with Crippen molar-refractivity contribution in [3.8, 4) is 0 Å². The van der Waals surface area contributed by atoms with E-state index in [0.29, 0.717) is 6.08 Å². The molecule has 0 fully saturated rings. The molecule has 86 valence electrons. The van der Waals surface area contributed by atoms with E-state index in [-0.39, 0.29) is 23.7 Å². The van der Waals surface area contributed by atoms with Crippen molar-refractivity contribution in [2.45, 2.75) is 0 Å². The smallest absolute Gasteiger partial charge is 0.235 e. The third-order valence-electron chi connectivity index (χ3n) is 1.84. The van der Waals surface area contributed by atoms with Gasteiger partial charge in [0.1, 0.15) is 5.70 Å². The largest absolute Gasteiger partial charge is 0.877 e. The summed E-state index contributed by atoms with van der Waals surface area (Å²) in [6.45, 7) is 0. The lowest BCUT2D eigenvalue weighted by atomic mass is 9.99. The Morgan fingerprint density at radius 2 is 1.94 bits per heavy atom. The van der Waals surface area contributed by atoms with Gasteiger partial charge in [-0.15, -0.1) is 11.5 Å². The number of allylic oxidation sites excluding steroid dienone is 3. The van der Waals surface area contributed by atoms with E-state index < -0.39 is 21.5 Å². The van der Waals surface area contributed by atoms with Crippen molar-refractivity contribution in [2.24, 2.45) is 0 Å². The highest BCUT2D eigenvalue weighted by molar-refractivity contribution is 6.19. The molecule has 0 spiro atoms. The van der Waals surface area contributed by atoms with Crippen molar-refractivity contribution in [2.75, 3.05) is 0 Å². The first-order valence-electron chi connectivity index (χ1n) is 3.92. The van der Waals surface area contributed by atoms with E-state index >= 15 is 0 Å². The van der Waals surface area contributed by atoms with Crippen molar-refractivity contribution in [1.82, 2.24) is 5.23 Å². The molecular formula is C8H6N2O6-2. The van der Waals surface area contributed by atoms with Gasteiger partial charge in [0.25, 0.3) is 0 Å². The zero-order chi connectivity index (χ0) is 12.3. The number of carbonyl (C=O) groups is 1. The zero-order valence-electron chi connectivity index (χ0n) is 7.73. The quantitative estimate of drug-likeness (QED) is 0.261. The van der Waals surface area contributed by atoms with Gasteiger partial charge in [0, 0.05) is 6.08 Å². The van der Waals surface area contributed by atoms with Crippen LogP contribution in [0.3, 0.4) is 0 Å². The van der Waals surface area contributed by atoms with Crippen LogP contribution in [0.4, 0.5) is 0 Å². The lowest BCUT2D eigenvalue weighted by Crippen LogP contribution is -2.24. The van der Waals surface area contributed by atoms with Crippen molar-refractivity contribution in [3.05, 3.63) is 45.7 Å². The van der Waals surface area contributed by atoms with E-state index in [1.165, 1.54) is 0 Å². The van der Waals surface area contributed by atoms with Crippen LogP contribution < -0.4 is 5.11 Å². The summed E-state index contributed by atoms with van der Waals surface area (Å²) >= 11 is 0. The minimum absolute atomic E-state index is 0.202. The maximum Gasteiger partial charge on any atom is 0.235 e. The Kier molecular flexibility index (Phi) is 3.28. The summed E-state index contributed by atoms with van der Waals surface area (Å²) in [5, 5.41) is 48.6. The van der Waals surface area contributed by atoms with E-state index in [9.17, 15) is 20.3 Å². The monoisotopic (exact) mass is 226 g/mol. The molecule has 0 amide bonds. The van der Waals surface area contributed by atoms with Gasteiger partial charge in [-0.1, -0.05) is 0 Å². The van der Waals surface area contributed by atoms with Gasteiger partial charge < -0.3 is 15.5 Å². The van der Waals surface area contributed by atoms with E-state index in [0.717, 1.165) is 6.08 Å². The Labute approximate surface area is 89.0 Å². The van der Waals surface area contributed by atoms with Crippen LogP contribution >= 0.6 is 0 Å². The predicted molar refractivity (Wildman–Crippen MR) is 47.7 cm³/mol. The average Bonchev–Trinajstić information content (AvgIpc) is 2.26. The summed E-state index contributed by atoms with van der Waals surface area (Å²) in [5.74, 6) is 0. The molecule has 0 heterocycles. The summed E-state index contributed by atoms with van der Waals surface area (Å²) in [6, 6.07) is 0. The van der Waals surface area contributed by atoms with E-state index in [1.54, 1.807) is 0 Å². The van der Waals surface area contributed by atoms with Crippen LogP contribution in [0, 0.1) is 10.4 Å².